The molecule has 0 aromatic carbocycles. The molecule has 3 aromatic rings. The molecule has 4 rings (SSSR count). The second-order valence-corrected chi connectivity index (χ2v) is 7.72. The Bertz CT molecular complexity index is 971. The molecule has 0 amide bonds. The van der Waals surface area contributed by atoms with Crippen LogP contribution in [0.5, 0.6) is 0 Å². The summed E-state index contributed by atoms with van der Waals surface area (Å²) in [6.07, 6.45) is 0.945. The molecule has 0 unspecified atom stereocenters. The van der Waals surface area contributed by atoms with E-state index in [-0.39, 0.29) is 17.1 Å². The number of aromatic nitrogens is 3. The summed E-state index contributed by atoms with van der Waals surface area (Å²) >= 11 is 2.45. The van der Waals surface area contributed by atoms with Crippen LogP contribution in [-0.4, -0.2) is 14.5 Å². The topological polar surface area (TPSA) is 47.8 Å². The molecule has 126 valence electrons. The van der Waals surface area contributed by atoms with Crippen molar-refractivity contribution in [3.63, 3.8) is 0 Å². The largest absolute Gasteiger partial charge is 0.434 e. The Balaban J connectivity index is 1.74. The average Bonchev–Trinajstić information content (AvgIpc) is 3.14. The summed E-state index contributed by atoms with van der Waals surface area (Å²) in [4.78, 5) is 22.6. The molecule has 24 heavy (non-hydrogen) atoms. The Kier molecular flexibility index (Phi) is 3.72. The highest BCUT2D eigenvalue weighted by Crippen LogP contribution is 2.33. The van der Waals surface area contributed by atoms with Gasteiger partial charge in [-0.2, -0.15) is 13.2 Å². The Morgan fingerprint density at radius 3 is 2.79 bits per heavy atom. The molecule has 0 saturated carbocycles. The van der Waals surface area contributed by atoms with Crippen LogP contribution in [-0.2, 0) is 25.6 Å². The SMILES string of the molecule is O=c1c2c3c(sc2ncn1Cc1nc(C(F)(F)F)cs1)CCCC3. The molecular weight excluding hydrogens is 359 g/mol. The van der Waals surface area contributed by atoms with Crippen LogP contribution in [0.25, 0.3) is 10.2 Å². The number of rotatable bonds is 2. The molecule has 3 heterocycles. The van der Waals surface area contributed by atoms with Gasteiger partial charge in [-0.1, -0.05) is 0 Å². The number of thiazole rings is 1. The molecule has 0 radical (unpaired) electrons. The summed E-state index contributed by atoms with van der Waals surface area (Å²) < 4.78 is 39.3. The lowest BCUT2D eigenvalue weighted by atomic mass is 9.97. The monoisotopic (exact) mass is 371 g/mol. The maximum Gasteiger partial charge on any atom is 0.434 e. The number of fused-ring (bicyclic) bond motifs is 3. The minimum absolute atomic E-state index is 0.00708. The molecule has 4 nitrogen and oxygen atoms in total. The van der Waals surface area contributed by atoms with E-state index in [1.807, 2.05) is 0 Å². The normalized spacial score (nSPS) is 15.0. The van der Waals surface area contributed by atoms with E-state index in [2.05, 4.69) is 9.97 Å². The van der Waals surface area contributed by atoms with E-state index in [9.17, 15) is 18.0 Å². The van der Waals surface area contributed by atoms with Gasteiger partial charge in [0.1, 0.15) is 9.84 Å². The molecule has 1 aliphatic carbocycles. The van der Waals surface area contributed by atoms with Crippen molar-refractivity contribution in [3.8, 4) is 0 Å². The standard InChI is InChI=1S/C15H12F3N3OS2/c16-15(17,18)10-6-23-11(20-10)5-21-7-19-13-12(14(21)22)8-3-1-2-4-9(8)24-13/h6-7H,1-5H2. The minimum atomic E-state index is -4.46. The zero-order valence-electron chi connectivity index (χ0n) is 12.4. The fraction of sp³-hybridized carbons (Fsp3) is 0.400. The average molecular weight is 371 g/mol. The van der Waals surface area contributed by atoms with Crippen molar-refractivity contribution in [2.75, 3.05) is 0 Å². The number of aryl methyl sites for hydroxylation is 2. The Labute approximate surface area is 142 Å². The van der Waals surface area contributed by atoms with Crippen LogP contribution in [0.15, 0.2) is 16.5 Å². The van der Waals surface area contributed by atoms with Crippen molar-refractivity contribution in [1.29, 1.82) is 0 Å². The first-order valence-corrected chi connectivity index (χ1v) is 9.14. The summed E-state index contributed by atoms with van der Waals surface area (Å²) in [5.41, 5.74) is -0.0381. The molecular formula is C15H12F3N3OS2. The molecule has 0 fully saturated rings. The number of halogens is 3. The molecule has 0 N–H and O–H groups in total. The molecule has 0 bridgehead atoms. The molecule has 0 atom stereocenters. The first-order valence-electron chi connectivity index (χ1n) is 7.45. The fourth-order valence-corrected chi connectivity index (χ4v) is 4.97. The van der Waals surface area contributed by atoms with Crippen LogP contribution in [0.3, 0.4) is 0 Å². The van der Waals surface area contributed by atoms with Crippen LogP contribution in [0, 0.1) is 0 Å². The van der Waals surface area contributed by atoms with Crippen molar-refractivity contribution in [2.45, 2.75) is 38.4 Å². The van der Waals surface area contributed by atoms with Crippen molar-refractivity contribution in [3.05, 3.63) is 43.2 Å². The maximum absolute atomic E-state index is 12.8. The maximum atomic E-state index is 12.8. The van der Waals surface area contributed by atoms with E-state index in [0.29, 0.717) is 5.39 Å². The lowest BCUT2D eigenvalue weighted by Gasteiger charge is -2.10. The van der Waals surface area contributed by atoms with Crippen molar-refractivity contribution < 1.29 is 13.2 Å². The highest BCUT2D eigenvalue weighted by Gasteiger charge is 2.33. The van der Waals surface area contributed by atoms with E-state index >= 15 is 0 Å². The molecule has 1 aliphatic rings. The first kappa shape index (κ1) is 15.8. The fourth-order valence-electron chi connectivity index (χ4n) is 2.95. The van der Waals surface area contributed by atoms with Gasteiger partial charge in [0.05, 0.1) is 18.3 Å². The van der Waals surface area contributed by atoms with Gasteiger partial charge in [0, 0.05) is 10.3 Å². The van der Waals surface area contributed by atoms with E-state index in [0.717, 1.165) is 52.8 Å². The number of thiophene rings is 1. The third kappa shape index (κ3) is 2.65. The number of hydrogen-bond donors (Lipinski definition) is 0. The van der Waals surface area contributed by atoms with Crippen molar-refractivity contribution in [2.24, 2.45) is 0 Å². The summed E-state index contributed by atoms with van der Waals surface area (Å²) in [6.45, 7) is 0.00708. The van der Waals surface area contributed by atoms with Gasteiger partial charge in [-0.25, -0.2) is 9.97 Å². The lowest BCUT2D eigenvalue weighted by Crippen LogP contribution is -2.21. The molecule has 9 heteroatoms. The summed E-state index contributed by atoms with van der Waals surface area (Å²) in [7, 11) is 0. The first-order chi connectivity index (χ1) is 11.4. The van der Waals surface area contributed by atoms with Crippen LogP contribution >= 0.6 is 22.7 Å². The third-order valence-electron chi connectivity index (χ3n) is 4.09. The molecule has 0 saturated heterocycles. The third-order valence-corrected chi connectivity index (χ3v) is 6.12. The summed E-state index contributed by atoms with van der Waals surface area (Å²) in [5.74, 6) is 0. The van der Waals surface area contributed by atoms with Gasteiger partial charge in [0.2, 0.25) is 0 Å². The quantitative estimate of drug-likeness (QED) is 0.687. The van der Waals surface area contributed by atoms with Gasteiger partial charge < -0.3 is 0 Å². The van der Waals surface area contributed by atoms with E-state index in [4.69, 9.17) is 0 Å². The second-order valence-electron chi connectivity index (χ2n) is 5.69. The molecule has 0 aliphatic heterocycles. The second kappa shape index (κ2) is 5.66. The summed E-state index contributed by atoms with van der Waals surface area (Å²) in [5, 5.41) is 1.85. The molecule has 0 spiro atoms. The Morgan fingerprint density at radius 1 is 1.25 bits per heavy atom. The number of alkyl halides is 3. The number of hydrogen-bond acceptors (Lipinski definition) is 5. The van der Waals surface area contributed by atoms with Gasteiger partial charge in [-0.3, -0.25) is 9.36 Å². The zero-order chi connectivity index (χ0) is 16.9. The smallest absolute Gasteiger partial charge is 0.292 e. The van der Waals surface area contributed by atoms with Crippen LogP contribution in [0.2, 0.25) is 0 Å². The zero-order valence-corrected chi connectivity index (χ0v) is 14.0. The van der Waals surface area contributed by atoms with Crippen LogP contribution in [0.4, 0.5) is 13.2 Å². The van der Waals surface area contributed by atoms with E-state index in [1.54, 1.807) is 11.3 Å². The number of nitrogens with zero attached hydrogens (tertiary/aromatic N) is 3. The van der Waals surface area contributed by atoms with Gasteiger partial charge >= 0.3 is 6.18 Å². The van der Waals surface area contributed by atoms with Crippen molar-refractivity contribution in [1.82, 2.24) is 14.5 Å². The van der Waals surface area contributed by atoms with Gasteiger partial charge in [-0.05, 0) is 31.2 Å². The van der Waals surface area contributed by atoms with Gasteiger partial charge in [-0.15, -0.1) is 22.7 Å². The van der Waals surface area contributed by atoms with Gasteiger partial charge in [0.25, 0.3) is 5.56 Å². The highest BCUT2D eigenvalue weighted by molar-refractivity contribution is 7.18. The van der Waals surface area contributed by atoms with E-state index < -0.39 is 11.9 Å². The summed E-state index contributed by atoms with van der Waals surface area (Å²) in [6, 6.07) is 0. The van der Waals surface area contributed by atoms with Crippen LogP contribution < -0.4 is 5.56 Å². The molecule has 3 aromatic heterocycles. The predicted molar refractivity (Wildman–Crippen MR) is 86.7 cm³/mol. The lowest BCUT2D eigenvalue weighted by molar-refractivity contribution is -0.140. The van der Waals surface area contributed by atoms with Crippen molar-refractivity contribution >= 4 is 32.9 Å². The highest BCUT2D eigenvalue weighted by atomic mass is 32.1. The van der Waals surface area contributed by atoms with Crippen LogP contribution in [0.1, 0.15) is 34.0 Å². The van der Waals surface area contributed by atoms with E-state index in [1.165, 1.54) is 15.8 Å². The minimum Gasteiger partial charge on any atom is -0.292 e. The Morgan fingerprint density at radius 2 is 2.04 bits per heavy atom. The Hall–Kier alpha value is -1.74. The predicted octanol–water partition coefficient (Wildman–Crippen LogP) is 3.86. The van der Waals surface area contributed by atoms with Gasteiger partial charge in [0.15, 0.2) is 5.69 Å².